The number of nitrogens with two attached hydrogens (primary N) is 1. The van der Waals surface area contributed by atoms with E-state index < -0.39 is 35.0 Å². The number of hydrogen-bond acceptors (Lipinski definition) is 4. The van der Waals surface area contributed by atoms with Crippen LogP contribution in [0.15, 0.2) is 42.5 Å². The standard InChI is InChI=1S/C25H29Cl2FN2O2/c1-23(2,3)13-18-25(29,14-9-11-15(26)12-10-14)19(16-7-6-8-17(27)20(16)28)21-22(31)32-24(4,5)30(18)21/h6-12,18-19,21H,13,29H2,1-5H3/t18-,19-,21+,25+/m0/s1. The summed E-state index contributed by atoms with van der Waals surface area (Å²) in [6, 6.07) is 11.1. The summed E-state index contributed by atoms with van der Waals surface area (Å²) in [4.78, 5) is 15.3. The second kappa shape index (κ2) is 7.69. The summed E-state index contributed by atoms with van der Waals surface area (Å²) in [6.07, 6.45) is 0.668. The highest BCUT2D eigenvalue weighted by molar-refractivity contribution is 6.31. The lowest BCUT2D eigenvalue weighted by Crippen LogP contribution is -2.56. The second-order valence-electron chi connectivity index (χ2n) is 10.6. The van der Waals surface area contributed by atoms with E-state index in [0.717, 1.165) is 5.56 Å². The van der Waals surface area contributed by atoms with E-state index in [1.807, 2.05) is 30.9 Å². The van der Waals surface area contributed by atoms with Gasteiger partial charge in [-0.15, -0.1) is 0 Å². The fourth-order valence-electron chi connectivity index (χ4n) is 5.52. The van der Waals surface area contributed by atoms with E-state index in [0.29, 0.717) is 17.0 Å². The van der Waals surface area contributed by atoms with Crippen molar-refractivity contribution in [3.8, 4) is 0 Å². The van der Waals surface area contributed by atoms with Gasteiger partial charge in [0.1, 0.15) is 11.9 Å². The molecule has 0 aliphatic carbocycles. The molecule has 0 aromatic heterocycles. The van der Waals surface area contributed by atoms with Crippen molar-refractivity contribution in [2.45, 2.75) is 70.3 Å². The van der Waals surface area contributed by atoms with Gasteiger partial charge in [-0.3, -0.25) is 4.79 Å². The van der Waals surface area contributed by atoms with Crippen molar-refractivity contribution in [1.29, 1.82) is 0 Å². The third-order valence-electron chi connectivity index (χ3n) is 6.70. The average molecular weight is 479 g/mol. The van der Waals surface area contributed by atoms with Crippen molar-refractivity contribution in [2.24, 2.45) is 11.1 Å². The van der Waals surface area contributed by atoms with Crippen molar-refractivity contribution in [1.82, 2.24) is 4.90 Å². The summed E-state index contributed by atoms with van der Waals surface area (Å²) < 4.78 is 21.2. The van der Waals surface area contributed by atoms with E-state index in [1.54, 1.807) is 24.3 Å². The molecule has 2 N–H and O–H groups in total. The first-order chi connectivity index (χ1) is 14.8. The molecule has 0 spiro atoms. The van der Waals surface area contributed by atoms with Gasteiger partial charge in [-0.05, 0) is 55.0 Å². The summed E-state index contributed by atoms with van der Waals surface area (Å²) in [7, 11) is 0. The Morgan fingerprint density at radius 2 is 1.75 bits per heavy atom. The molecule has 2 aromatic carbocycles. The molecule has 2 aromatic rings. The first kappa shape index (κ1) is 23.5. The fourth-order valence-corrected chi connectivity index (χ4v) is 5.83. The van der Waals surface area contributed by atoms with E-state index >= 15 is 4.39 Å². The summed E-state index contributed by atoms with van der Waals surface area (Å²) in [5.74, 6) is -1.67. The largest absolute Gasteiger partial charge is 0.443 e. The minimum atomic E-state index is -1.09. The maximum atomic E-state index is 15.4. The number of ether oxygens (including phenoxy) is 1. The number of cyclic esters (lactones) is 1. The Morgan fingerprint density at radius 3 is 2.34 bits per heavy atom. The van der Waals surface area contributed by atoms with Crippen molar-refractivity contribution in [3.05, 3.63) is 69.5 Å². The van der Waals surface area contributed by atoms with Gasteiger partial charge in [0.05, 0.1) is 10.6 Å². The predicted octanol–water partition coefficient (Wildman–Crippen LogP) is 5.85. The average Bonchev–Trinajstić information content (AvgIpc) is 3.06. The third-order valence-corrected chi connectivity index (χ3v) is 7.24. The van der Waals surface area contributed by atoms with Crippen LogP contribution in [0.25, 0.3) is 0 Å². The van der Waals surface area contributed by atoms with Crippen LogP contribution in [0.1, 0.15) is 58.1 Å². The number of halogens is 3. The number of esters is 1. The monoisotopic (exact) mass is 478 g/mol. The fraction of sp³-hybridized carbons (Fsp3) is 0.480. The maximum Gasteiger partial charge on any atom is 0.325 e. The van der Waals surface area contributed by atoms with Gasteiger partial charge in [-0.25, -0.2) is 9.29 Å². The SMILES string of the molecule is CC(C)(C)C[C@@H]1N2[C@@H](C(=O)OC2(C)C)[C@H](c2cccc(Cl)c2F)[C@@]1(N)c1ccc(Cl)cc1. The van der Waals surface area contributed by atoms with Crippen molar-refractivity contribution >= 4 is 29.2 Å². The molecule has 2 heterocycles. The van der Waals surface area contributed by atoms with Crippen LogP contribution in [0.2, 0.25) is 10.0 Å². The number of benzene rings is 2. The minimum absolute atomic E-state index is 0.00241. The van der Waals surface area contributed by atoms with Gasteiger partial charge in [-0.1, -0.05) is 68.2 Å². The summed E-state index contributed by atoms with van der Waals surface area (Å²) in [5, 5.41) is 0.575. The van der Waals surface area contributed by atoms with E-state index in [2.05, 4.69) is 20.8 Å². The van der Waals surface area contributed by atoms with Crippen LogP contribution < -0.4 is 5.73 Å². The number of hydrogen-bond donors (Lipinski definition) is 1. The van der Waals surface area contributed by atoms with Gasteiger partial charge in [-0.2, -0.15) is 0 Å². The molecule has 172 valence electrons. The molecule has 2 fully saturated rings. The quantitative estimate of drug-likeness (QED) is 0.561. The minimum Gasteiger partial charge on any atom is -0.443 e. The number of carbonyl (C=O) groups is 1. The Labute approximate surface area is 198 Å². The molecule has 0 saturated carbocycles. The Kier molecular flexibility index (Phi) is 5.65. The summed E-state index contributed by atoms with van der Waals surface area (Å²) in [6.45, 7) is 10.1. The van der Waals surface area contributed by atoms with Gasteiger partial charge >= 0.3 is 5.97 Å². The lowest BCUT2D eigenvalue weighted by Gasteiger charge is -2.44. The van der Waals surface area contributed by atoms with Crippen LogP contribution in [-0.2, 0) is 15.1 Å². The van der Waals surface area contributed by atoms with E-state index in [1.165, 1.54) is 6.07 Å². The van der Waals surface area contributed by atoms with Crippen molar-refractivity contribution < 1.29 is 13.9 Å². The summed E-state index contributed by atoms with van der Waals surface area (Å²) in [5.41, 5.74) is 6.36. The van der Waals surface area contributed by atoms with Gasteiger partial charge < -0.3 is 10.5 Å². The highest BCUT2D eigenvalue weighted by Crippen LogP contribution is 2.57. The Bertz CT molecular complexity index is 1050. The highest BCUT2D eigenvalue weighted by Gasteiger charge is 2.68. The topological polar surface area (TPSA) is 55.6 Å². The van der Waals surface area contributed by atoms with E-state index in [9.17, 15) is 4.79 Å². The molecular weight excluding hydrogens is 450 g/mol. The molecule has 2 saturated heterocycles. The molecule has 7 heteroatoms. The smallest absolute Gasteiger partial charge is 0.325 e. The summed E-state index contributed by atoms with van der Waals surface area (Å²) >= 11 is 12.3. The van der Waals surface area contributed by atoms with Gasteiger partial charge in [0.15, 0.2) is 5.72 Å². The first-order valence-electron chi connectivity index (χ1n) is 10.8. The number of fused-ring (bicyclic) bond motifs is 1. The van der Waals surface area contributed by atoms with Crippen LogP contribution in [0.3, 0.4) is 0 Å². The van der Waals surface area contributed by atoms with Crippen LogP contribution >= 0.6 is 23.2 Å². The molecule has 0 amide bonds. The number of nitrogens with zero attached hydrogens (tertiary/aromatic N) is 1. The van der Waals surface area contributed by atoms with Gasteiger partial charge in [0, 0.05) is 17.0 Å². The molecule has 2 aliphatic rings. The normalized spacial score (nSPS) is 29.8. The molecule has 4 atom stereocenters. The third kappa shape index (κ3) is 3.63. The Balaban J connectivity index is 2.03. The van der Waals surface area contributed by atoms with E-state index in [-0.39, 0.29) is 16.5 Å². The second-order valence-corrected chi connectivity index (χ2v) is 11.4. The van der Waals surface area contributed by atoms with Crippen LogP contribution in [0, 0.1) is 11.2 Å². The zero-order valence-corrected chi connectivity index (χ0v) is 20.5. The molecular formula is C25H29Cl2FN2O2. The molecule has 0 radical (unpaired) electrons. The molecule has 0 bridgehead atoms. The van der Waals surface area contributed by atoms with Crippen LogP contribution in [0.5, 0.6) is 0 Å². The Morgan fingerprint density at radius 1 is 1.12 bits per heavy atom. The number of rotatable bonds is 3. The molecule has 32 heavy (non-hydrogen) atoms. The van der Waals surface area contributed by atoms with Gasteiger partial charge in [0.2, 0.25) is 0 Å². The van der Waals surface area contributed by atoms with Crippen molar-refractivity contribution in [2.75, 3.05) is 0 Å². The lowest BCUT2D eigenvalue weighted by molar-refractivity contribution is -0.152. The molecule has 4 rings (SSSR count). The van der Waals surface area contributed by atoms with Gasteiger partial charge in [0.25, 0.3) is 0 Å². The van der Waals surface area contributed by atoms with Crippen LogP contribution in [-0.4, -0.2) is 28.7 Å². The zero-order chi connectivity index (χ0) is 23.6. The highest BCUT2D eigenvalue weighted by atomic mass is 35.5. The maximum absolute atomic E-state index is 15.4. The van der Waals surface area contributed by atoms with Crippen LogP contribution in [0.4, 0.5) is 4.39 Å². The number of carbonyl (C=O) groups excluding carboxylic acids is 1. The Hall–Kier alpha value is -1.66. The zero-order valence-electron chi connectivity index (χ0n) is 19.0. The molecule has 2 aliphatic heterocycles. The molecule has 0 unspecified atom stereocenters. The first-order valence-corrected chi connectivity index (χ1v) is 11.5. The lowest BCUT2D eigenvalue weighted by atomic mass is 9.68. The van der Waals surface area contributed by atoms with E-state index in [4.69, 9.17) is 33.7 Å². The molecule has 4 nitrogen and oxygen atoms in total. The predicted molar refractivity (Wildman–Crippen MR) is 125 cm³/mol. The van der Waals surface area contributed by atoms with Crippen molar-refractivity contribution in [3.63, 3.8) is 0 Å².